The number of hydrogen-bond acceptors (Lipinski definition) is 4. The van der Waals surface area contributed by atoms with Gasteiger partial charge in [0.25, 0.3) is 0 Å². The van der Waals surface area contributed by atoms with Crippen LogP contribution >= 0.6 is 0 Å². The zero-order valence-corrected chi connectivity index (χ0v) is 12.3. The molecule has 3 atom stereocenters. The summed E-state index contributed by atoms with van der Waals surface area (Å²) in [5, 5.41) is 11.4. The number of hydrogen-bond donors (Lipinski definition) is 3. The van der Waals surface area contributed by atoms with Crippen molar-refractivity contribution in [3.8, 4) is 0 Å². The van der Waals surface area contributed by atoms with Crippen LogP contribution in [0.2, 0.25) is 0 Å². The maximum Gasteiger partial charge on any atom is 0.306 e. The molecule has 6 heteroatoms. The fourth-order valence-corrected chi connectivity index (χ4v) is 1.94. The van der Waals surface area contributed by atoms with Crippen LogP contribution < -0.4 is 11.1 Å². The molecule has 0 spiro atoms. The number of ether oxygens (including phenoxy) is 1. The minimum Gasteiger partial charge on any atom is -0.481 e. The Hall–Kier alpha value is -1.92. The van der Waals surface area contributed by atoms with Gasteiger partial charge in [0.15, 0.2) is 0 Å². The molecule has 116 valence electrons. The van der Waals surface area contributed by atoms with Crippen LogP contribution in [-0.4, -0.2) is 36.7 Å². The molecule has 21 heavy (non-hydrogen) atoms. The average Bonchev–Trinajstić information content (AvgIpc) is 2.50. The summed E-state index contributed by atoms with van der Waals surface area (Å²) in [4.78, 5) is 22.7. The van der Waals surface area contributed by atoms with E-state index in [1.807, 2.05) is 30.3 Å². The molecule has 0 heterocycles. The van der Waals surface area contributed by atoms with Gasteiger partial charge in [-0.05, 0) is 5.56 Å². The van der Waals surface area contributed by atoms with Crippen molar-refractivity contribution in [3.05, 3.63) is 35.9 Å². The molecule has 0 fully saturated rings. The van der Waals surface area contributed by atoms with Gasteiger partial charge >= 0.3 is 5.97 Å². The normalized spacial score (nSPS) is 15.0. The number of carbonyl (C=O) groups excluding carboxylic acids is 1. The van der Waals surface area contributed by atoms with Crippen LogP contribution in [0.1, 0.15) is 24.9 Å². The van der Waals surface area contributed by atoms with Crippen molar-refractivity contribution in [2.45, 2.75) is 25.5 Å². The lowest BCUT2D eigenvalue weighted by atomic mass is 9.94. The van der Waals surface area contributed by atoms with Crippen LogP contribution in [0.3, 0.4) is 0 Å². The highest BCUT2D eigenvalue weighted by Crippen LogP contribution is 2.18. The van der Waals surface area contributed by atoms with E-state index >= 15 is 0 Å². The van der Waals surface area contributed by atoms with Gasteiger partial charge in [0.2, 0.25) is 5.91 Å². The summed E-state index contributed by atoms with van der Waals surface area (Å²) in [6.45, 7) is 1.89. The Bertz CT molecular complexity index is 464. The second-order valence-corrected chi connectivity index (χ2v) is 4.93. The van der Waals surface area contributed by atoms with Crippen LogP contribution in [0.4, 0.5) is 0 Å². The third-order valence-electron chi connectivity index (χ3n) is 3.38. The van der Waals surface area contributed by atoms with Gasteiger partial charge in [-0.2, -0.15) is 0 Å². The summed E-state index contributed by atoms with van der Waals surface area (Å²) in [7, 11) is 1.42. The molecule has 0 radical (unpaired) electrons. The molecule has 1 amide bonds. The number of benzene rings is 1. The predicted octanol–water partition coefficient (Wildman–Crippen LogP) is 0.928. The second kappa shape index (κ2) is 8.39. The number of carboxylic acid groups (broad SMARTS) is 1. The minimum atomic E-state index is -0.967. The van der Waals surface area contributed by atoms with E-state index < -0.39 is 24.0 Å². The zero-order valence-electron chi connectivity index (χ0n) is 12.3. The van der Waals surface area contributed by atoms with E-state index in [1.54, 1.807) is 6.92 Å². The summed E-state index contributed by atoms with van der Waals surface area (Å²) in [6, 6.07) is 8.96. The fourth-order valence-electron chi connectivity index (χ4n) is 1.94. The summed E-state index contributed by atoms with van der Waals surface area (Å²) in [5.41, 5.74) is 6.96. The molecule has 6 nitrogen and oxygen atoms in total. The van der Waals surface area contributed by atoms with E-state index in [0.29, 0.717) is 0 Å². The first-order valence-electron chi connectivity index (χ1n) is 6.78. The largest absolute Gasteiger partial charge is 0.481 e. The summed E-state index contributed by atoms with van der Waals surface area (Å²) < 4.78 is 5.01. The Labute approximate surface area is 124 Å². The monoisotopic (exact) mass is 294 g/mol. The number of nitrogens with one attached hydrogen (secondary N) is 1. The van der Waals surface area contributed by atoms with E-state index in [1.165, 1.54) is 7.11 Å². The maximum atomic E-state index is 12.1. The van der Waals surface area contributed by atoms with Crippen LogP contribution in [0.5, 0.6) is 0 Å². The summed E-state index contributed by atoms with van der Waals surface area (Å²) in [6.07, 6.45) is -0.706. The first kappa shape index (κ1) is 17.1. The van der Waals surface area contributed by atoms with Crippen molar-refractivity contribution in [1.29, 1.82) is 0 Å². The molecule has 0 aliphatic rings. The molecule has 3 unspecified atom stereocenters. The third-order valence-corrected chi connectivity index (χ3v) is 3.38. The van der Waals surface area contributed by atoms with Crippen LogP contribution in [0.25, 0.3) is 0 Å². The number of carboxylic acids is 1. The molecular formula is C15H22N2O4. The molecule has 4 N–H and O–H groups in total. The number of nitrogens with two attached hydrogens (primary N) is 1. The lowest BCUT2D eigenvalue weighted by Crippen LogP contribution is -2.40. The molecule has 0 saturated heterocycles. The number of rotatable bonds is 8. The lowest BCUT2D eigenvalue weighted by molar-refractivity contribution is -0.140. The number of amides is 1. The number of aliphatic carboxylic acids is 1. The fraction of sp³-hybridized carbons (Fsp3) is 0.467. The Morgan fingerprint density at radius 1 is 1.33 bits per heavy atom. The van der Waals surface area contributed by atoms with Gasteiger partial charge in [0, 0.05) is 19.7 Å². The quantitative estimate of drug-likeness (QED) is 0.662. The van der Waals surface area contributed by atoms with Crippen LogP contribution in [0.15, 0.2) is 30.3 Å². The SMILES string of the molecule is COC(CNC(=O)C(C)C(N)c1ccccc1)CC(=O)O. The topological polar surface area (TPSA) is 102 Å². The van der Waals surface area contributed by atoms with Gasteiger partial charge in [0.05, 0.1) is 18.4 Å². The molecule has 1 rings (SSSR count). The Morgan fingerprint density at radius 3 is 2.48 bits per heavy atom. The zero-order chi connectivity index (χ0) is 15.8. The second-order valence-electron chi connectivity index (χ2n) is 4.93. The standard InChI is InChI=1S/C15H22N2O4/c1-10(14(16)11-6-4-3-5-7-11)15(20)17-9-12(21-2)8-13(18)19/h3-7,10,12,14H,8-9,16H2,1-2H3,(H,17,20)(H,18,19). The predicted molar refractivity (Wildman–Crippen MR) is 78.6 cm³/mol. The first-order valence-corrected chi connectivity index (χ1v) is 6.78. The Morgan fingerprint density at radius 2 is 1.95 bits per heavy atom. The first-order chi connectivity index (χ1) is 9.95. The van der Waals surface area contributed by atoms with Crippen LogP contribution in [-0.2, 0) is 14.3 Å². The van der Waals surface area contributed by atoms with Crippen LogP contribution in [0, 0.1) is 5.92 Å². The van der Waals surface area contributed by atoms with Crippen molar-refractivity contribution >= 4 is 11.9 Å². The summed E-state index contributed by atoms with van der Waals surface area (Å²) >= 11 is 0. The Balaban J connectivity index is 2.52. The van der Waals surface area contributed by atoms with E-state index in [0.717, 1.165) is 5.56 Å². The van der Waals surface area contributed by atoms with E-state index in [-0.39, 0.29) is 18.9 Å². The number of methoxy groups -OCH3 is 1. The highest BCUT2D eigenvalue weighted by molar-refractivity contribution is 5.79. The van der Waals surface area contributed by atoms with Crippen molar-refractivity contribution in [1.82, 2.24) is 5.32 Å². The molecule has 0 aromatic heterocycles. The van der Waals surface area contributed by atoms with E-state index in [9.17, 15) is 9.59 Å². The van der Waals surface area contributed by atoms with Gasteiger partial charge in [-0.1, -0.05) is 37.3 Å². The van der Waals surface area contributed by atoms with Gasteiger partial charge < -0.3 is 20.9 Å². The summed E-state index contributed by atoms with van der Waals surface area (Å²) in [5.74, 6) is -1.61. The van der Waals surface area contributed by atoms with Crippen molar-refractivity contribution in [2.75, 3.05) is 13.7 Å². The molecule has 0 bridgehead atoms. The molecule has 1 aromatic rings. The van der Waals surface area contributed by atoms with Crippen molar-refractivity contribution < 1.29 is 19.4 Å². The molecule has 0 aliphatic heterocycles. The van der Waals surface area contributed by atoms with E-state index in [4.69, 9.17) is 15.6 Å². The molecule has 0 saturated carbocycles. The average molecular weight is 294 g/mol. The van der Waals surface area contributed by atoms with Gasteiger partial charge in [0.1, 0.15) is 0 Å². The van der Waals surface area contributed by atoms with Gasteiger partial charge in [-0.25, -0.2) is 0 Å². The maximum absolute atomic E-state index is 12.1. The molecule has 1 aromatic carbocycles. The molecular weight excluding hydrogens is 272 g/mol. The highest BCUT2D eigenvalue weighted by atomic mass is 16.5. The van der Waals surface area contributed by atoms with Crippen molar-refractivity contribution in [2.24, 2.45) is 11.7 Å². The lowest BCUT2D eigenvalue weighted by Gasteiger charge is -2.21. The minimum absolute atomic E-state index is 0.146. The van der Waals surface area contributed by atoms with Gasteiger partial charge in [-0.15, -0.1) is 0 Å². The third kappa shape index (κ3) is 5.53. The molecule has 0 aliphatic carbocycles. The Kier molecular flexibility index (Phi) is 6.84. The van der Waals surface area contributed by atoms with E-state index in [2.05, 4.69) is 5.32 Å². The van der Waals surface area contributed by atoms with Gasteiger partial charge in [-0.3, -0.25) is 9.59 Å². The number of carbonyl (C=O) groups is 2. The highest BCUT2D eigenvalue weighted by Gasteiger charge is 2.23. The smallest absolute Gasteiger partial charge is 0.306 e. The van der Waals surface area contributed by atoms with Crippen molar-refractivity contribution in [3.63, 3.8) is 0 Å².